The van der Waals surface area contributed by atoms with Gasteiger partial charge in [-0.05, 0) is 80.5 Å². The first-order valence-corrected chi connectivity index (χ1v) is 15.0. The molecule has 210 valence electrons. The number of carbonyl (C=O) groups is 1. The molecule has 38 heavy (non-hydrogen) atoms. The average Bonchev–Trinajstić information content (AvgIpc) is 2.91. The van der Waals surface area contributed by atoms with Crippen molar-refractivity contribution in [2.45, 2.75) is 111 Å². The van der Waals surface area contributed by atoms with Crippen LogP contribution in [0.2, 0.25) is 0 Å². The van der Waals surface area contributed by atoms with Crippen molar-refractivity contribution in [3.05, 3.63) is 0 Å². The summed E-state index contributed by atoms with van der Waals surface area (Å²) in [6.07, 6.45) is 15.4. The molecule has 6 nitrogen and oxygen atoms in total. The summed E-state index contributed by atoms with van der Waals surface area (Å²) in [5.41, 5.74) is 0. The zero-order valence-electron chi connectivity index (χ0n) is 23.8. The Labute approximate surface area is 232 Å². The lowest BCUT2D eigenvalue weighted by Gasteiger charge is -2.19. The minimum absolute atomic E-state index is 0.142. The average molecular weight is 543 g/mol. The minimum Gasteiger partial charge on any atom is -0.756 e. The number of phosphoric ester groups is 1. The third-order valence-electron chi connectivity index (χ3n) is 5.06. The van der Waals surface area contributed by atoms with Gasteiger partial charge in [0, 0.05) is 20.1 Å². The molecule has 0 aromatic carbocycles. The van der Waals surface area contributed by atoms with Crippen molar-refractivity contribution in [2.24, 2.45) is 0 Å². The number of hydrogen-bond donors (Lipinski definition) is 1. The smallest absolute Gasteiger partial charge is 0.267 e. The Kier molecular flexibility index (Phi) is 30.2. The summed E-state index contributed by atoms with van der Waals surface area (Å²) >= 11 is 0. The monoisotopic (exact) mass is 542 g/mol. The van der Waals surface area contributed by atoms with Gasteiger partial charge in [-0.15, -0.1) is 0 Å². The van der Waals surface area contributed by atoms with Crippen molar-refractivity contribution in [1.82, 2.24) is 5.32 Å². The molecule has 0 aliphatic rings. The van der Waals surface area contributed by atoms with Crippen molar-refractivity contribution in [1.29, 1.82) is 0 Å². The highest BCUT2D eigenvalue weighted by molar-refractivity contribution is 7.45. The fourth-order valence-corrected chi connectivity index (χ4v) is 3.49. The van der Waals surface area contributed by atoms with Crippen molar-refractivity contribution < 1.29 is 23.3 Å². The van der Waals surface area contributed by atoms with Crippen LogP contribution in [0.5, 0.6) is 0 Å². The molecular formula is C31H45NO5P-. The first-order chi connectivity index (χ1) is 18.4. The largest absolute Gasteiger partial charge is 0.756 e. The van der Waals surface area contributed by atoms with Crippen molar-refractivity contribution in [3.63, 3.8) is 0 Å². The summed E-state index contributed by atoms with van der Waals surface area (Å²) in [6.45, 7) is 6.52. The van der Waals surface area contributed by atoms with E-state index in [0.29, 0.717) is 19.4 Å². The molecule has 0 fully saturated rings. The second kappa shape index (κ2) is 30.6. The van der Waals surface area contributed by atoms with E-state index in [1.54, 1.807) is 13.8 Å². The zero-order valence-corrected chi connectivity index (χ0v) is 24.7. The van der Waals surface area contributed by atoms with Gasteiger partial charge in [0.15, 0.2) is 0 Å². The van der Waals surface area contributed by atoms with E-state index in [4.69, 9.17) is 0 Å². The Hall–Kier alpha value is -2.62. The minimum atomic E-state index is -4.08. The van der Waals surface area contributed by atoms with E-state index in [2.05, 4.69) is 80.5 Å². The molecule has 0 saturated carbocycles. The van der Waals surface area contributed by atoms with Crippen LogP contribution in [0.25, 0.3) is 0 Å². The van der Waals surface area contributed by atoms with E-state index in [0.717, 1.165) is 39.2 Å². The van der Waals surface area contributed by atoms with E-state index < -0.39 is 7.82 Å². The molecule has 0 bridgehead atoms. The van der Waals surface area contributed by atoms with E-state index in [-0.39, 0.29) is 12.5 Å². The number of unbranched alkanes of at least 4 members (excludes halogenated alkanes) is 11. The lowest BCUT2D eigenvalue weighted by molar-refractivity contribution is -0.223. The van der Waals surface area contributed by atoms with Crippen LogP contribution in [0, 0.1) is 59.2 Å². The third-order valence-corrected chi connectivity index (χ3v) is 6.01. The normalized spacial score (nSPS) is 10.4. The predicted molar refractivity (Wildman–Crippen MR) is 154 cm³/mol. The first kappa shape index (κ1) is 37.5. The molecule has 1 unspecified atom stereocenters. The van der Waals surface area contributed by atoms with E-state index in [1.165, 1.54) is 44.9 Å². The summed E-state index contributed by atoms with van der Waals surface area (Å²) < 4.78 is 19.8. The standard InChI is InChI=1S/C19H40NO5P.C12H6/c1-3-4-5-6-7-8-9-10-13-16-19(21)20-17-14-11-12-15-18-25-26(22,23)24-2;1-3-5-7-9-11-12-10-8-6-4-2/h3-18H2,1-2H3,(H,20,21)(H,22,23);1-2H3/p-1. The van der Waals surface area contributed by atoms with Crippen LogP contribution in [0.1, 0.15) is 111 Å². The van der Waals surface area contributed by atoms with E-state index in [9.17, 15) is 14.3 Å². The molecule has 0 spiro atoms. The van der Waals surface area contributed by atoms with Gasteiger partial charge in [0.1, 0.15) is 0 Å². The number of nitrogens with one attached hydrogen (secondary N) is 1. The molecule has 0 aliphatic carbocycles. The van der Waals surface area contributed by atoms with E-state index in [1.807, 2.05) is 0 Å². The maximum atomic E-state index is 11.7. The molecule has 0 aliphatic heterocycles. The first-order valence-electron chi connectivity index (χ1n) is 13.5. The van der Waals surface area contributed by atoms with Crippen LogP contribution in [-0.2, 0) is 18.4 Å². The van der Waals surface area contributed by atoms with Crippen LogP contribution in [-0.4, -0.2) is 26.2 Å². The van der Waals surface area contributed by atoms with Crippen molar-refractivity contribution in [2.75, 3.05) is 20.3 Å². The number of amides is 1. The fraction of sp³-hybridized carbons (Fsp3) is 0.645. The Morgan fingerprint density at radius 1 is 0.711 bits per heavy atom. The topological polar surface area (TPSA) is 87.7 Å². The zero-order chi connectivity index (χ0) is 28.6. The molecule has 0 heterocycles. The molecule has 0 saturated heterocycles. The summed E-state index contributed by atoms with van der Waals surface area (Å²) in [5, 5.41) is 2.95. The van der Waals surface area contributed by atoms with Gasteiger partial charge in [-0.25, -0.2) is 0 Å². The van der Waals surface area contributed by atoms with Crippen LogP contribution >= 0.6 is 7.82 Å². The van der Waals surface area contributed by atoms with Gasteiger partial charge in [0.2, 0.25) is 5.91 Å². The van der Waals surface area contributed by atoms with Gasteiger partial charge in [-0.2, -0.15) is 0 Å². The van der Waals surface area contributed by atoms with Crippen LogP contribution in [0.15, 0.2) is 0 Å². The lowest BCUT2D eigenvalue weighted by atomic mass is 10.1. The van der Waals surface area contributed by atoms with Gasteiger partial charge in [0.05, 0.1) is 6.61 Å². The van der Waals surface area contributed by atoms with E-state index >= 15 is 0 Å². The summed E-state index contributed by atoms with van der Waals surface area (Å²) in [5.74, 6) is 25.7. The molecular weight excluding hydrogens is 497 g/mol. The lowest BCUT2D eigenvalue weighted by Crippen LogP contribution is -2.23. The Balaban J connectivity index is 0. The highest BCUT2D eigenvalue weighted by Gasteiger charge is 2.05. The molecule has 0 aromatic rings. The Morgan fingerprint density at radius 3 is 1.66 bits per heavy atom. The molecule has 0 rings (SSSR count). The molecule has 0 radical (unpaired) electrons. The third kappa shape index (κ3) is 33.4. The maximum absolute atomic E-state index is 11.7. The highest BCUT2D eigenvalue weighted by atomic mass is 31.2. The Bertz CT molecular complexity index is 922. The summed E-state index contributed by atoms with van der Waals surface area (Å²) in [4.78, 5) is 22.7. The highest BCUT2D eigenvalue weighted by Crippen LogP contribution is 2.36. The van der Waals surface area contributed by atoms with Gasteiger partial charge in [-0.1, -0.05) is 83.0 Å². The predicted octanol–water partition coefficient (Wildman–Crippen LogP) is 5.76. The van der Waals surface area contributed by atoms with Gasteiger partial charge >= 0.3 is 0 Å². The van der Waals surface area contributed by atoms with Crippen LogP contribution in [0.4, 0.5) is 0 Å². The quantitative estimate of drug-likeness (QED) is 0.127. The molecule has 7 heteroatoms. The number of carbonyl (C=O) groups excluding carboxylic acids is 1. The molecule has 0 aromatic heterocycles. The van der Waals surface area contributed by atoms with Crippen LogP contribution < -0.4 is 10.2 Å². The van der Waals surface area contributed by atoms with Crippen molar-refractivity contribution >= 4 is 13.7 Å². The second-order valence-electron chi connectivity index (χ2n) is 8.31. The second-order valence-corrected chi connectivity index (χ2v) is 9.82. The number of rotatable bonds is 19. The Morgan fingerprint density at radius 2 is 1.16 bits per heavy atom. The summed E-state index contributed by atoms with van der Waals surface area (Å²) in [7, 11) is -2.99. The van der Waals surface area contributed by atoms with Crippen LogP contribution in [0.3, 0.4) is 0 Å². The molecule has 1 atom stereocenters. The van der Waals surface area contributed by atoms with Gasteiger partial charge in [-0.3, -0.25) is 9.36 Å². The fourth-order valence-electron chi connectivity index (χ4n) is 3.03. The number of phosphoric acid groups is 1. The summed E-state index contributed by atoms with van der Waals surface area (Å²) in [6, 6.07) is 0. The maximum Gasteiger partial charge on any atom is 0.267 e. The number of hydrogen-bond acceptors (Lipinski definition) is 5. The molecule has 1 amide bonds. The van der Waals surface area contributed by atoms with Gasteiger partial charge in [0.25, 0.3) is 7.82 Å². The SMILES string of the molecule is CC#CC#CC#CC#CC#CC.CCCCCCCCCCCC(=O)NCCCCCCOP(=O)([O-])OC. The molecule has 1 N–H and O–H groups in total. The van der Waals surface area contributed by atoms with Crippen molar-refractivity contribution in [3.8, 4) is 59.2 Å². The van der Waals surface area contributed by atoms with Gasteiger partial charge < -0.3 is 19.3 Å².